The molecule has 0 aliphatic heterocycles. The third kappa shape index (κ3) is 4.43. The topological polar surface area (TPSA) is 39.8 Å². The highest BCUT2D eigenvalue weighted by Crippen LogP contribution is 2.30. The summed E-state index contributed by atoms with van der Waals surface area (Å²) in [5.41, 5.74) is 4.70. The summed E-state index contributed by atoms with van der Waals surface area (Å²) >= 11 is 0. The van der Waals surface area contributed by atoms with Crippen molar-refractivity contribution in [1.82, 2.24) is 14.1 Å². The highest BCUT2D eigenvalue weighted by molar-refractivity contribution is 5.77. The average molecular weight is 404 g/mol. The first-order valence-corrected chi connectivity index (χ1v) is 11.1. The van der Waals surface area contributed by atoms with Gasteiger partial charge < -0.3 is 9.13 Å². The van der Waals surface area contributed by atoms with E-state index in [1.165, 1.54) is 42.6 Å². The lowest BCUT2D eigenvalue weighted by molar-refractivity contribution is 0.383. The summed E-state index contributed by atoms with van der Waals surface area (Å²) in [6, 6.07) is 10.2. The molecule has 0 saturated carbocycles. The van der Waals surface area contributed by atoms with Crippen LogP contribution < -0.4 is 5.56 Å². The minimum absolute atomic E-state index is 0.000127. The van der Waals surface area contributed by atoms with Gasteiger partial charge in [0.1, 0.15) is 5.82 Å². The molecule has 0 fully saturated rings. The molecule has 30 heavy (non-hydrogen) atoms. The molecule has 0 bridgehead atoms. The fourth-order valence-electron chi connectivity index (χ4n) is 4.52. The number of nitrogens with zero attached hydrogens (tertiary/aromatic N) is 3. The van der Waals surface area contributed by atoms with E-state index in [0.717, 1.165) is 24.0 Å². The summed E-state index contributed by atoms with van der Waals surface area (Å²) in [4.78, 5) is 16.8. The molecule has 4 nitrogen and oxygen atoms in total. The molecule has 0 saturated heterocycles. The molecule has 0 amide bonds. The van der Waals surface area contributed by atoms with Crippen molar-refractivity contribution in [3.63, 3.8) is 0 Å². The van der Waals surface area contributed by atoms with Crippen LogP contribution in [0.25, 0.3) is 11.0 Å². The third-order valence-corrected chi connectivity index (χ3v) is 6.13. The van der Waals surface area contributed by atoms with Crippen molar-refractivity contribution in [2.75, 3.05) is 0 Å². The monoisotopic (exact) mass is 403 g/mol. The van der Waals surface area contributed by atoms with Gasteiger partial charge >= 0.3 is 0 Å². The number of hydrogen-bond acceptors (Lipinski definition) is 2. The Morgan fingerprint density at radius 1 is 1.03 bits per heavy atom. The SMILES string of the molecule is Cn1cc(Cc2ccc3c(c2)nc(C(C)(C)C)n3CC2CCC=CCC2)ccc1=O. The molecule has 0 unspecified atom stereocenters. The second-order valence-corrected chi connectivity index (χ2v) is 9.77. The second kappa shape index (κ2) is 8.25. The summed E-state index contributed by atoms with van der Waals surface area (Å²) in [7, 11) is 1.80. The van der Waals surface area contributed by atoms with Crippen molar-refractivity contribution < 1.29 is 0 Å². The van der Waals surface area contributed by atoms with Gasteiger partial charge in [-0.3, -0.25) is 4.79 Å². The molecular formula is C26H33N3O. The van der Waals surface area contributed by atoms with E-state index in [9.17, 15) is 4.79 Å². The van der Waals surface area contributed by atoms with Crippen LogP contribution in [0.3, 0.4) is 0 Å². The second-order valence-electron chi connectivity index (χ2n) is 9.77. The first-order chi connectivity index (χ1) is 14.3. The van der Waals surface area contributed by atoms with Crippen LogP contribution >= 0.6 is 0 Å². The minimum atomic E-state index is -0.000127. The Morgan fingerprint density at radius 3 is 2.40 bits per heavy atom. The maximum Gasteiger partial charge on any atom is 0.250 e. The molecule has 1 aliphatic carbocycles. The van der Waals surface area contributed by atoms with Gasteiger partial charge in [-0.2, -0.15) is 0 Å². The van der Waals surface area contributed by atoms with Crippen LogP contribution in [0.15, 0.2) is 53.5 Å². The van der Waals surface area contributed by atoms with Crippen molar-refractivity contribution in [2.24, 2.45) is 13.0 Å². The number of fused-ring (bicyclic) bond motifs is 1. The van der Waals surface area contributed by atoms with Crippen molar-refractivity contribution >= 4 is 11.0 Å². The first kappa shape index (κ1) is 20.6. The number of pyridine rings is 1. The fourth-order valence-corrected chi connectivity index (χ4v) is 4.52. The highest BCUT2D eigenvalue weighted by Gasteiger charge is 2.24. The van der Waals surface area contributed by atoms with Crippen LogP contribution in [0.5, 0.6) is 0 Å². The van der Waals surface area contributed by atoms with E-state index < -0.39 is 0 Å². The maximum atomic E-state index is 11.7. The van der Waals surface area contributed by atoms with E-state index in [1.54, 1.807) is 17.7 Å². The Hall–Kier alpha value is -2.62. The van der Waals surface area contributed by atoms with E-state index in [4.69, 9.17) is 4.98 Å². The van der Waals surface area contributed by atoms with Crippen molar-refractivity contribution in [3.8, 4) is 0 Å². The van der Waals surface area contributed by atoms with Crippen molar-refractivity contribution in [2.45, 2.75) is 64.8 Å². The summed E-state index contributed by atoms with van der Waals surface area (Å²) in [5, 5.41) is 0. The molecule has 158 valence electrons. The van der Waals surface area contributed by atoms with Crippen LogP contribution in [0.2, 0.25) is 0 Å². The smallest absolute Gasteiger partial charge is 0.250 e. The number of aryl methyl sites for hydroxylation is 1. The Kier molecular flexibility index (Phi) is 5.68. The lowest BCUT2D eigenvalue weighted by Crippen LogP contribution is -2.21. The van der Waals surface area contributed by atoms with Crippen LogP contribution in [-0.4, -0.2) is 14.1 Å². The predicted molar refractivity (Wildman–Crippen MR) is 124 cm³/mol. The zero-order valence-electron chi connectivity index (χ0n) is 18.7. The van der Waals surface area contributed by atoms with Gasteiger partial charge in [0.25, 0.3) is 0 Å². The van der Waals surface area contributed by atoms with Gasteiger partial charge in [0, 0.05) is 31.3 Å². The molecule has 0 spiro atoms. The molecule has 1 aliphatic rings. The van der Waals surface area contributed by atoms with Crippen LogP contribution in [0.1, 0.15) is 63.4 Å². The fraction of sp³-hybridized carbons (Fsp3) is 0.462. The highest BCUT2D eigenvalue weighted by atomic mass is 16.1. The summed E-state index contributed by atoms with van der Waals surface area (Å²) in [6.07, 6.45) is 12.3. The maximum absolute atomic E-state index is 11.7. The molecule has 0 radical (unpaired) electrons. The van der Waals surface area contributed by atoms with Crippen molar-refractivity contribution in [1.29, 1.82) is 0 Å². The number of allylic oxidation sites excluding steroid dienone is 2. The standard InChI is InChI=1S/C26H33N3O/c1-26(2,3)25-27-22-16-20(15-21-12-14-24(30)28(4)17-21)11-13-23(22)29(25)18-19-9-7-5-6-8-10-19/h5-6,11-14,16-17,19H,7-10,15,18H2,1-4H3. The first-order valence-electron chi connectivity index (χ1n) is 11.1. The van der Waals surface area contributed by atoms with Gasteiger partial charge in [-0.1, -0.05) is 45.1 Å². The van der Waals surface area contributed by atoms with Gasteiger partial charge in [-0.25, -0.2) is 4.98 Å². The average Bonchev–Trinajstić information content (AvgIpc) is 2.85. The van der Waals surface area contributed by atoms with E-state index in [1.807, 2.05) is 12.3 Å². The van der Waals surface area contributed by atoms with Gasteiger partial charge in [0.05, 0.1) is 11.0 Å². The molecule has 2 heterocycles. The number of aromatic nitrogens is 3. The van der Waals surface area contributed by atoms with Crippen molar-refractivity contribution in [3.05, 3.63) is 76.0 Å². The molecular weight excluding hydrogens is 370 g/mol. The summed E-state index contributed by atoms with van der Waals surface area (Å²) in [5.74, 6) is 1.87. The van der Waals surface area contributed by atoms with Gasteiger partial charge in [0.15, 0.2) is 0 Å². The molecule has 4 heteroatoms. The summed E-state index contributed by atoms with van der Waals surface area (Å²) < 4.78 is 4.11. The number of imidazole rings is 1. The zero-order chi connectivity index (χ0) is 21.3. The zero-order valence-corrected chi connectivity index (χ0v) is 18.7. The van der Waals surface area contributed by atoms with Gasteiger partial charge in [-0.05, 0) is 61.3 Å². The number of hydrogen-bond donors (Lipinski definition) is 0. The molecule has 0 N–H and O–H groups in total. The minimum Gasteiger partial charge on any atom is -0.327 e. The van der Waals surface area contributed by atoms with Crippen LogP contribution in [0, 0.1) is 5.92 Å². The predicted octanol–water partition coefficient (Wildman–Crippen LogP) is 5.37. The quantitative estimate of drug-likeness (QED) is 0.550. The summed E-state index contributed by atoms with van der Waals surface area (Å²) in [6.45, 7) is 7.81. The van der Waals surface area contributed by atoms with Crippen LogP contribution in [0.4, 0.5) is 0 Å². The Labute approximate surface area is 179 Å². The Bertz CT molecular complexity index is 1120. The van der Waals surface area contributed by atoms with E-state index in [-0.39, 0.29) is 11.0 Å². The molecule has 3 aromatic rings. The molecule has 4 rings (SSSR count). The Morgan fingerprint density at radius 2 is 1.73 bits per heavy atom. The normalized spacial score (nSPS) is 15.6. The molecule has 2 aromatic heterocycles. The lowest BCUT2D eigenvalue weighted by Gasteiger charge is -2.23. The lowest BCUT2D eigenvalue weighted by atomic mass is 9.94. The third-order valence-electron chi connectivity index (χ3n) is 6.13. The number of benzene rings is 1. The van der Waals surface area contributed by atoms with Gasteiger partial charge in [-0.15, -0.1) is 0 Å². The van der Waals surface area contributed by atoms with Crippen LogP contribution in [-0.2, 0) is 25.4 Å². The number of rotatable bonds is 4. The van der Waals surface area contributed by atoms with E-state index in [0.29, 0.717) is 5.92 Å². The Balaban J connectivity index is 1.68. The van der Waals surface area contributed by atoms with Gasteiger partial charge in [0.2, 0.25) is 5.56 Å². The largest absolute Gasteiger partial charge is 0.327 e. The molecule has 0 atom stereocenters. The van der Waals surface area contributed by atoms with E-state index in [2.05, 4.69) is 55.7 Å². The van der Waals surface area contributed by atoms with E-state index >= 15 is 0 Å². The molecule has 1 aromatic carbocycles.